The van der Waals surface area contributed by atoms with E-state index < -0.39 is 0 Å². The second kappa shape index (κ2) is 11.2. The number of fused-ring (bicyclic) bond motifs is 4. The van der Waals surface area contributed by atoms with Gasteiger partial charge in [0.2, 0.25) is 5.89 Å². The maximum Gasteiger partial charge on any atom is 0.227 e. The van der Waals surface area contributed by atoms with E-state index in [1.807, 2.05) is 48.5 Å². The fraction of sp³-hybridized carbons (Fsp3) is 0. The predicted octanol–water partition coefficient (Wildman–Crippen LogP) is 12.2. The minimum Gasteiger partial charge on any atom is -0.454 e. The highest BCUT2D eigenvalue weighted by Crippen LogP contribution is 2.43. The SMILES string of the molecule is c1ccc(-c2nc3cc4oc5c(N(c6ccccc6)c6ccc(-c7ccccc7-c7ccccc7)cc6)cccc5c4cc3o2)cc1. The molecule has 222 valence electrons. The Labute approximate surface area is 271 Å². The normalized spacial score (nSPS) is 11.4. The number of furan rings is 1. The van der Waals surface area contributed by atoms with Crippen molar-refractivity contribution in [2.24, 2.45) is 0 Å². The number of oxazole rings is 1. The highest BCUT2D eigenvalue weighted by atomic mass is 16.4. The van der Waals surface area contributed by atoms with Gasteiger partial charge in [-0.2, -0.15) is 0 Å². The lowest BCUT2D eigenvalue weighted by Crippen LogP contribution is -2.10. The lowest BCUT2D eigenvalue weighted by Gasteiger charge is -2.25. The van der Waals surface area contributed by atoms with E-state index in [1.165, 1.54) is 16.7 Å². The van der Waals surface area contributed by atoms with E-state index in [0.717, 1.165) is 61.2 Å². The summed E-state index contributed by atoms with van der Waals surface area (Å²) in [4.78, 5) is 7.03. The number of aromatic nitrogens is 1. The van der Waals surface area contributed by atoms with Gasteiger partial charge in [-0.05, 0) is 70.8 Å². The Morgan fingerprint density at radius 3 is 1.72 bits per heavy atom. The maximum atomic E-state index is 6.67. The Morgan fingerprint density at radius 2 is 1.02 bits per heavy atom. The molecule has 0 aliphatic carbocycles. The first-order valence-corrected chi connectivity index (χ1v) is 15.7. The number of para-hydroxylation sites is 2. The molecule has 0 amide bonds. The van der Waals surface area contributed by atoms with Crippen LogP contribution in [0.2, 0.25) is 0 Å². The Bertz CT molecular complexity index is 2500. The quantitative estimate of drug-likeness (QED) is 0.189. The first kappa shape index (κ1) is 27.0. The summed E-state index contributed by atoms with van der Waals surface area (Å²) in [6.45, 7) is 0. The Kier molecular flexibility index (Phi) is 6.43. The number of rotatable bonds is 6. The van der Waals surface area contributed by atoms with E-state index in [-0.39, 0.29) is 0 Å². The smallest absolute Gasteiger partial charge is 0.227 e. The molecule has 2 aromatic heterocycles. The first-order valence-electron chi connectivity index (χ1n) is 15.7. The molecule has 0 saturated heterocycles. The number of anilines is 3. The van der Waals surface area contributed by atoms with E-state index in [1.54, 1.807) is 0 Å². The Morgan fingerprint density at radius 1 is 0.426 bits per heavy atom. The first-order chi connectivity index (χ1) is 23.3. The molecule has 0 radical (unpaired) electrons. The predicted molar refractivity (Wildman–Crippen MR) is 192 cm³/mol. The molecule has 7 aromatic carbocycles. The molecule has 0 spiro atoms. The summed E-state index contributed by atoms with van der Waals surface area (Å²) in [7, 11) is 0. The molecule has 0 bridgehead atoms. The van der Waals surface area contributed by atoms with Crippen LogP contribution in [0.5, 0.6) is 0 Å². The van der Waals surface area contributed by atoms with Gasteiger partial charge in [0, 0.05) is 33.8 Å². The average Bonchev–Trinajstić information content (AvgIpc) is 3.73. The molecular formula is C43H28N2O2. The van der Waals surface area contributed by atoms with Crippen molar-refractivity contribution in [3.05, 3.63) is 170 Å². The molecule has 0 unspecified atom stereocenters. The van der Waals surface area contributed by atoms with Gasteiger partial charge in [-0.1, -0.05) is 115 Å². The molecule has 0 N–H and O–H groups in total. The number of benzene rings is 7. The summed E-state index contributed by atoms with van der Waals surface area (Å²) < 4.78 is 12.9. The van der Waals surface area contributed by atoms with Crippen LogP contribution in [-0.4, -0.2) is 4.98 Å². The van der Waals surface area contributed by atoms with Crippen LogP contribution in [0.15, 0.2) is 179 Å². The van der Waals surface area contributed by atoms with Crippen LogP contribution in [-0.2, 0) is 0 Å². The molecule has 2 heterocycles. The van der Waals surface area contributed by atoms with Crippen LogP contribution >= 0.6 is 0 Å². The molecule has 0 aliphatic heterocycles. The minimum absolute atomic E-state index is 0.600. The van der Waals surface area contributed by atoms with E-state index in [2.05, 4.69) is 126 Å². The molecular weight excluding hydrogens is 576 g/mol. The van der Waals surface area contributed by atoms with Crippen molar-refractivity contribution in [3.8, 4) is 33.7 Å². The van der Waals surface area contributed by atoms with Gasteiger partial charge in [-0.3, -0.25) is 0 Å². The number of hydrogen-bond acceptors (Lipinski definition) is 4. The van der Waals surface area contributed by atoms with Gasteiger partial charge in [-0.25, -0.2) is 4.98 Å². The summed E-state index contributed by atoms with van der Waals surface area (Å²) in [6, 6.07) is 58.6. The largest absolute Gasteiger partial charge is 0.454 e. The van der Waals surface area contributed by atoms with Crippen LogP contribution < -0.4 is 4.90 Å². The molecule has 0 fully saturated rings. The van der Waals surface area contributed by atoms with Gasteiger partial charge in [0.15, 0.2) is 11.2 Å². The summed E-state index contributed by atoms with van der Waals surface area (Å²) in [5, 5.41) is 2.01. The van der Waals surface area contributed by atoms with Crippen LogP contribution in [0, 0.1) is 0 Å². The molecule has 0 saturated carbocycles. The van der Waals surface area contributed by atoms with Crippen LogP contribution in [0.1, 0.15) is 0 Å². The third-order valence-corrected chi connectivity index (χ3v) is 8.71. The van der Waals surface area contributed by atoms with Crippen LogP contribution in [0.25, 0.3) is 66.7 Å². The fourth-order valence-corrected chi connectivity index (χ4v) is 6.48. The summed E-state index contributed by atoms with van der Waals surface area (Å²) in [5.41, 5.74) is 11.8. The van der Waals surface area contributed by atoms with Gasteiger partial charge in [0.25, 0.3) is 0 Å². The zero-order chi connectivity index (χ0) is 31.2. The van der Waals surface area contributed by atoms with Gasteiger partial charge in [0.05, 0.1) is 5.69 Å². The van der Waals surface area contributed by atoms with Crippen molar-refractivity contribution < 1.29 is 8.83 Å². The average molecular weight is 605 g/mol. The fourth-order valence-electron chi connectivity index (χ4n) is 6.48. The summed E-state index contributed by atoms with van der Waals surface area (Å²) >= 11 is 0. The molecule has 4 nitrogen and oxygen atoms in total. The topological polar surface area (TPSA) is 42.4 Å². The Balaban J connectivity index is 1.16. The highest BCUT2D eigenvalue weighted by molar-refractivity contribution is 6.13. The van der Waals surface area contributed by atoms with Crippen molar-refractivity contribution in [2.45, 2.75) is 0 Å². The van der Waals surface area contributed by atoms with Gasteiger partial charge in [0.1, 0.15) is 11.1 Å². The standard InChI is InChI=1S/C43H28N2O2/c1-4-13-29(14-5-1)34-19-10-11-20-35(34)30-23-25-33(26-24-30)45(32-17-8-3-9-18-32)39-22-12-21-36-37-27-41-38(28-40(37)46-42(36)39)44-43(47-41)31-15-6-2-7-16-31/h1-28H. The third kappa shape index (κ3) is 4.75. The second-order valence-corrected chi connectivity index (χ2v) is 11.6. The lowest BCUT2D eigenvalue weighted by atomic mass is 9.94. The minimum atomic E-state index is 0.600. The second-order valence-electron chi connectivity index (χ2n) is 11.6. The molecule has 9 aromatic rings. The molecule has 9 rings (SSSR count). The monoisotopic (exact) mass is 604 g/mol. The van der Waals surface area contributed by atoms with Crippen LogP contribution in [0.3, 0.4) is 0 Å². The highest BCUT2D eigenvalue weighted by Gasteiger charge is 2.21. The van der Waals surface area contributed by atoms with Crippen molar-refractivity contribution in [2.75, 3.05) is 4.90 Å². The maximum absolute atomic E-state index is 6.67. The zero-order valence-corrected chi connectivity index (χ0v) is 25.4. The zero-order valence-electron chi connectivity index (χ0n) is 25.4. The van der Waals surface area contributed by atoms with Gasteiger partial charge >= 0.3 is 0 Å². The van der Waals surface area contributed by atoms with Crippen molar-refractivity contribution in [1.29, 1.82) is 0 Å². The van der Waals surface area contributed by atoms with Crippen molar-refractivity contribution in [1.82, 2.24) is 4.98 Å². The molecule has 0 aliphatic rings. The molecule has 47 heavy (non-hydrogen) atoms. The van der Waals surface area contributed by atoms with Gasteiger partial charge < -0.3 is 13.7 Å². The van der Waals surface area contributed by atoms with E-state index >= 15 is 0 Å². The van der Waals surface area contributed by atoms with Crippen molar-refractivity contribution >= 4 is 50.1 Å². The molecule has 4 heteroatoms. The van der Waals surface area contributed by atoms with Crippen molar-refractivity contribution in [3.63, 3.8) is 0 Å². The van der Waals surface area contributed by atoms with E-state index in [4.69, 9.17) is 13.8 Å². The summed E-state index contributed by atoms with van der Waals surface area (Å²) in [6.07, 6.45) is 0. The van der Waals surface area contributed by atoms with Crippen LogP contribution in [0.4, 0.5) is 17.1 Å². The van der Waals surface area contributed by atoms with E-state index in [9.17, 15) is 0 Å². The van der Waals surface area contributed by atoms with E-state index in [0.29, 0.717) is 5.89 Å². The number of nitrogens with zero attached hydrogens (tertiary/aromatic N) is 2. The Hall–Kier alpha value is -6.39. The number of hydrogen-bond donors (Lipinski definition) is 0. The van der Waals surface area contributed by atoms with Gasteiger partial charge in [-0.15, -0.1) is 0 Å². The lowest BCUT2D eigenvalue weighted by molar-refractivity contribution is 0.620. The molecule has 0 atom stereocenters. The summed E-state index contributed by atoms with van der Waals surface area (Å²) in [5.74, 6) is 0.600. The third-order valence-electron chi connectivity index (χ3n) is 8.71.